The molecule has 7 saturated carbocycles. The number of hydrogen-bond acceptors (Lipinski definition) is 3. The van der Waals surface area contributed by atoms with Crippen LogP contribution in [0.15, 0.2) is 0 Å². The first-order chi connectivity index (χ1) is 17.5. The number of fused-ring (bicyclic) bond motifs is 15. The van der Waals surface area contributed by atoms with Crippen LogP contribution in [0.4, 0.5) is 0 Å². The third kappa shape index (κ3) is 2.44. The molecule has 3 nitrogen and oxygen atoms in total. The summed E-state index contributed by atoms with van der Waals surface area (Å²) in [5.74, 6) is 15.3. The highest BCUT2D eigenvalue weighted by Crippen LogP contribution is 2.79. The van der Waals surface area contributed by atoms with Crippen molar-refractivity contribution in [1.29, 1.82) is 0 Å². The maximum Gasteiger partial charge on any atom is 0.0581 e. The predicted octanol–water partition coefficient (Wildman–Crippen LogP) is 5.74. The fraction of sp³-hybridized carbons (Fsp3) is 1.00. The molecule has 10 aliphatic rings. The van der Waals surface area contributed by atoms with E-state index in [-0.39, 0.29) is 16.6 Å². The maximum atomic E-state index is 6.26. The van der Waals surface area contributed by atoms with Gasteiger partial charge in [0.25, 0.3) is 0 Å². The summed E-state index contributed by atoms with van der Waals surface area (Å²) in [6, 6.07) is 0. The number of rotatable bonds is 5. The standard InChI is InChI=1S/C34H52N2O/c1-15-27-17-9-21(26(27)14-37-15)25(10-17)30(33(5)31(2,3)35-33)34(6)32(4,36-34)13-18-7-16-8-19(18)28-20(16)11-23-22-12-24(22)29(23)28/h15-30,35-36H,7-14H2,1-6H3. The second-order valence-electron chi connectivity index (χ2n) is 18.1. The molecule has 3 saturated heterocycles. The minimum Gasteiger partial charge on any atom is -0.378 e. The molecule has 0 aromatic heterocycles. The summed E-state index contributed by atoms with van der Waals surface area (Å²) in [6.07, 6.45) is 11.4. The second-order valence-corrected chi connectivity index (χ2v) is 18.1. The van der Waals surface area contributed by atoms with Gasteiger partial charge in [0.05, 0.1) is 12.7 Å². The Labute approximate surface area is 225 Å². The van der Waals surface area contributed by atoms with Crippen molar-refractivity contribution in [1.82, 2.24) is 10.6 Å². The second kappa shape index (κ2) is 6.35. The Morgan fingerprint density at radius 3 is 2.14 bits per heavy atom. The molecule has 37 heavy (non-hydrogen) atoms. The molecule has 3 aliphatic heterocycles. The van der Waals surface area contributed by atoms with E-state index in [0.29, 0.717) is 11.6 Å². The van der Waals surface area contributed by atoms with Crippen molar-refractivity contribution in [3.63, 3.8) is 0 Å². The zero-order valence-corrected chi connectivity index (χ0v) is 24.3. The van der Waals surface area contributed by atoms with Gasteiger partial charge in [-0.3, -0.25) is 0 Å². The summed E-state index contributed by atoms with van der Waals surface area (Å²) in [5.41, 5.74) is 1.12. The molecule has 204 valence electrons. The van der Waals surface area contributed by atoms with Gasteiger partial charge in [0.2, 0.25) is 0 Å². The first-order valence-corrected chi connectivity index (χ1v) is 16.7. The largest absolute Gasteiger partial charge is 0.378 e. The van der Waals surface area contributed by atoms with Crippen molar-refractivity contribution in [2.45, 2.75) is 115 Å². The summed E-state index contributed by atoms with van der Waals surface area (Å²) in [7, 11) is 0. The lowest BCUT2D eigenvalue weighted by Gasteiger charge is -2.44. The van der Waals surface area contributed by atoms with E-state index in [1.807, 2.05) is 0 Å². The minimum atomic E-state index is 0.258. The van der Waals surface area contributed by atoms with E-state index in [2.05, 4.69) is 52.2 Å². The van der Waals surface area contributed by atoms with E-state index >= 15 is 0 Å². The van der Waals surface area contributed by atoms with E-state index in [4.69, 9.17) is 4.74 Å². The molecule has 3 heterocycles. The van der Waals surface area contributed by atoms with Crippen molar-refractivity contribution in [3.8, 4) is 0 Å². The fourth-order valence-electron chi connectivity index (χ4n) is 15.2. The van der Waals surface area contributed by atoms with Gasteiger partial charge in [0, 0.05) is 28.1 Å². The molecule has 19 unspecified atom stereocenters. The van der Waals surface area contributed by atoms with Gasteiger partial charge < -0.3 is 15.4 Å². The van der Waals surface area contributed by atoms with Crippen LogP contribution in [0.3, 0.4) is 0 Å². The third-order valence-corrected chi connectivity index (χ3v) is 17.0. The van der Waals surface area contributed by atoms with Gasteiger partial charge >= 0.3 is 0 Å². The van der Waals surface area contributed by atoms with E-state index in [9.17, 15) is 0 Å². The van der Waals surface area contributed by atoms with E-state index < -0.39 is 0 Å². The highest BCUT2D eigenvalue weighted by molar-refractivity contribution is 5.37. The normalized spacial score (nSPS) is 70.7. The van der Waals surface area contributed by atoms with Crippen LogP contribution in [0.5, 0.6) is 0 Å². The Bertz CT molecular complexity index is 1070. The van der Waals surface area contributed by atoms with Crippen LogP contribution < -0.4 is 10.6 Å². The molecular formula is C34H52N2O. The maximum absolute atomic E-state index is 6.26. The molecule has 0 amide bonds. The Morgan fingerprint density at radius 2 is 1.38 bits per heavy atom. The van der Waals surface area contributed by atoms with Crippen LogP contribution >= 0.6 is 0 Å². The first-order valence-electron chi connectivity index (χ1n) is 16.7. The van der Waals surface area contributed by atoms with Crippen molar-refractivity contribution in [2.24, 2.45) is 88.8 Å². The van der Waals surface area contributed by atoms with Gasteiger partial charge in [-0.15, -0.1) is 0 Å². The molecule has 7 aliphatic carbocycles. The van der Waals surface area contributed by atoms with Gasteiger partial charge in [-0.1, -0.05) is 0 Å². The van der Waals surface area contributed by atoms with Crippen molar-refractivity contribution in [3.05, 3.63) is 0 Å². The Hall–Kier alpha value is -0.120. The highest BCUT2D eigenvalue weighted by atomic mass is 16.5. The average molecular weight is 505 g/mol. The summed E-state index contributed by atoms with van der Waals surface area (Å²) in [4.78, 5) is 0. The third-order valence-electron chi connectivity index (χ3n) is 17.0. The molecule has 3 heteroatoms. The molecule has 10 rings (SSSR count). The number of hydrogen-bond donors (Lipinski definition) is 2. The number of ether oxygens (including phenoxy) is 1. The lowest BCUT2D eigenvalue weighted by Crippen LogP contribution is -2.50. The first kappa shape index (κ1) is 22.6. The molecule has 0 radical (unpaired) electrons. The van der Waals surface area contributed by atoms with Gasteiger partial charge in [-0.25, -0.2) is 0 Å². The van der Waals surface area contributed by atoms with Crippen molar-refractivity contribution >= 4 is 0 Å². The SMILES string of the molecule is CC1OCC2C3CC(CC3C(C3(C)NC3(C)C)C3(C)NC3(C)CC3CC4CC3C3C4CC4C5CC5C43)C12. The Balaban J connectivity index is 0.936. The predicted molar refractivity (Wildman–Crippen MR) is 146 cm³/mol. The molecule has 0 aromatic rings. The van der Waals surface area contributed by atoms with Gasteiger partial charge in [0.15, 0.2) is 0 Å². The van der Waals surface area contributed by atoms with Crippen molar-refractivity contribution in [2.75, 3.05) is 6.61 Å². The average Bonchev–Trinajstić information content (AvgIpc) is 3.38. The Kier molecular flexibility index (Phi) is 3.87. The summed E-state index contributed by atoms with van der Waals surface area (Å²) < 4.78 is 6.26. The highest BCUT2D eigenvalue weighted by Gasteiger charge is 2.78. The monoisotopic (exact) mass is 504 g/mol. The van der Waals surface area contributed by atoms with Crippen LogP contribution in [0, 0.1) is 88.8 Å². The van der Waals surface area contributed by atoms with Crippen molar-refractivity contribution < 1.29 is 4.74 Å². The van der Waals surface area contributed by atoms with Crippen LogP contribution in [0.2, 0.25) is 0 Å². The lowest BCUT2D eigenvalue weighted by atomic mass is 9.58. The minimum absolute atomic E-state index is 0.258. The molecule has 2 N–H and O–H groups in total. The molecule has 10 fully saturated rings. The van der Waals surface area contributed by atoms with Gasteiger partial charge in [0.1, 0.15) is 0 Å². The van der Waals surface area contributed by atoms with E-state index in [1.165, 1.54) is 42.9 Å². The molecule has 19 atom stereocenters. The molecule has 4 bridgehead atoms. The number of nitrogens with one attached hydrogen (secondary N) is 2. The van der Waals surface area contributed by atoms with Crippen LogP contribution in [0.1, 0.15) is 86.5 Å². The summed E-state index contributed by atoms with van der Waals surface area (Å²) in [6.45, 7) is 16.3. The fourth-order valence-corrected chi connectivity index (χ4v) is 15.2. The van der Waals surface area contributed by atoms with E-state index in [0.717, 1.165) is 71.7 Å². The van der Waals surface area contributed by atoms with E-state index in [1.54, 1.807) is 25.7 Å². The molecule has 0 spiro atoms. The quantitative estimate of drug-likeness (QED) is 0.470. The topological polar surface area (TPSA) is 53.1 Å². The van der Waals surface area contributed by atoms with Crippen LogP contribution in [0.25, 0.3) is 0 Å². The summed E-state index contributed by atoms with van der Waals surface area (Å²) in [5, 5.41) is 8.42. The van der Waals surface area contributed by atoms with Crippen LogP contribution in [-0.2, 0) is 4.74 Å². The van der Waals surface area contributed by atoms with Gasteiger partial charge in [-0.2, -0.15) is 0 Å². The smallest absolute Gasteiger partial charge is 0.0581 e. The summed E-state index contributed by atoms with van der Waals surface area (Å²) >= 11 is 0. The van der Waals surface area contributed by atoms with Gasteiger partial charge in [-0.05, 0) is 169 Å². The molecule has 0 aromatic carbocycles. The lowest BCUT2D eigenvalue weighted by molar-refractivity contribution is 0.0719. The Morgan fingerprint density at radius 1 is 0.676 bits per heavy atom. The zero-order chi connectivity index (χ0) is 25.0. The molecular weight excluding hydrogens is 452 g/mol. The zero-order valence-electron chi connectivity index (χ0n) is 24.3. The van der Waals surface area contributed by atoms with Crippen LogP contribution in [-0.4, -0.2) is 34.9 Å².